The zero-order chi connectivity index (χ0) is 13.8. The molecule has 1 heterocycles. The van der Waals surface area contributed by atoms with E-state index in [9.17, 15) is 0 Å². The lowest BCUT2D eigenvalue weighted by atomic mass is 10.3. The number of halogens is 1. The van der Waals surface area contributed by atoms with Crippen molar-refractivity contribution in [2.45, 2.75) is 26.5 Å². The zero-order valence-corrected chi connectivity index (χ0v) is 12.1. The molecule has 0 bridgehead atoms. The highest BCUT2D eigenvalue weighted by Gasteiger charge is 2.05. The van der Waals surface area contributed by atoms with Crippen LogP contribution in [0.15, 0.2) is 30.7 Å². The molecule has 1 aromatic heterocycles. The summed E-state index contributed by atoms with van der Waals surface area (Å²) in [4.78, 5) is 4.08. The Morgan fingerprint density at radius 3 is 2.79 bits per heavy atom. The van der Waals surface area contributed by atoms with Gasteiger partial charge in [0, 0.05) is 18.9 Å². The van der Waals surface area contributed by atoms with Gasteiger partial charge in [0.25, 0.3) is 0 Å². The van der Waals surface area contributed by atoms with Crippen molar-refractivity contribution in [2.75, 3.05) is 5.32 Å². The number of anilines is 1. The number of aryl methyl sites for hydroxylation is 1. The molecule has 2 rings (SSSR count). The largest absolute Gasteiger partial charge is 0.489 e. The van der Waals surface area contributed by atoms with Crippen molar-refractivity contribution in [3.05, 3.63) is 41.4 Å². The number of imidazole rings is 1. The maximum Gasteiger partial charge on any atom is 0.138 e. The maximum absolute atomic E-state index is 6.18. The predicted octanol–water partition coefficient (Wildman–Crippen LogP) is 3.47. The van der Waals surface area contributed by atoms with Crippen LogP contribution in [0.2, 0.25) is 5.02 Å². The number of hydrogen-bond donors (Lipinski definition) is 1. The van der Waals surface area contributed by atoms with Crippen LogP contribution in [0.25, 0.3) is 0 Å². The minimum absolute atomic E-state index is 0.116. The molecule has 0 aliphatic carbocycles. The van der Waals surface area contributed by atoms with Crippen LogP contribution in [0.5, 0.6) is 5.75 Å². The smallest absolute Gasteiger partial charge is 0.138 e. The quantitative estimate of drug-likeness (QED) is 0.911. The molecule has 19 heavy (non-hydrogen) atoms. The first-order valence-corrected chi connectivity index (χ1v) is 6.59. The Morgan fingerprint density at radius 2 is 2.21 bits per heavy atom. The molecule has 0 atom stereocenters. The third-order valence-corrected chi connectivity index (χ3v) is 2.98. The van der Waals surface area contributed by atoms with E-state index in [1.807, 2.05) is 49.9 Å². The van der Waals surface area contributed by atoms with Gasteiger partial charge in [0.2, 0.25) is 0 Å². The first kappa shape index (κ1) is 13.7. The highest BCUT2D eigenvalue weighted by Crippen LogP contribution is 2.28. The molecule has 0 amide bonds. The Hall–Kier alpha value is -1.68. The standard InChI is InChI=1S/C14H18ClN3O/c1-10(2)19-14-5-4-11(6-13(14)15)17-8-12-7-16-9-18(12)3/h4-7,9-10,17H,8H2,1-3H3. The number of benzene rings is 1. The number of ether oxygens (including phenoxy) is 1. The van der Waals surface area contributed by atoms with Crippen LogP contribution in [0.3, 0.4) is 0 Å². The van der Waals surface area contributed by atoms with Crippen LogP contribution < -0.4 is 10.1 Å². The van der Waals surface area contributed by atoms with Gasteiger partial charge in [-0.3, -0.25) is 0 Å². The van der Waals surface area contributed by atoms with Gasteiger partial charge in [-0.25, -0.2) is 4.98 Å². The summed E-state index contributed by atoms with van der Waals surface area (Å²) in [5.41, 5.74) is 2.07. The van der Waals surface area contributed by atoms with Gasteiger partial charge in [0.1, 0.15) is 5.75 Å². The van der Waals surface area contributed by atoms with Gasteiger partial charge >= 0.3 is 0 Å². The van der Waals surface area contributed by atoms with Crippen molar-refractivity contribution in [3.8, 4) is 5.75 Å². The fraction of sp³-hybridized carbons (Fsp3) is 0.357. The summed E-state index contributed by atoms with van der Waals surface area (Å²) in [6, 6.07) is 5.71. The first-order chi connectivity index (χ1) is 9.06. The minimum Gasteiger partial charge on any atom is -0.489 e. The topological polar surface area (TPSA) is 39.1 Å². The average molecular weight is 280 g/mol. The molecule has 0 aliphatic heterocycles. The SMILES string of the molecule is CC(C)Oc1ccc(NCc2cncn2C)cc1Cl. The number of hydrogen-bond acceptors (Lipinski definition) is 3. The van der Waals surface area contributed by atoms with Crippen LogP contribution >= 0.6 is 11.6 Å². The van der Waals surface area contributed by atoms with Crippen LogP contribution in [-0.4, -0.2) is 15.7 Å². The summed E-state index contributed by atoms with van der Waals surface area (Å²) in [7, 11) is 1.97. The molecule has 0 saturated carbocycles. The lowest BCUT2D eigenvalue weighted by Crippen LogP contribution is -2.07. The van der Waals surface area contributed by atoms with Gasteiger partial charge in [0.15, 0.2) is 0 Å². The van der Waals surface area contributed by atoms with E-state index < -0.39 is 0 Å². The first-order valence-electron chi connectivity index (χ1n) is 6.21. The molecule has 0 aliphatic rings. The molecular formula is C14H18ClN3O. The molecule has 0 radical (unpaired) electrons. The minimum atomic E-state index is 0.116. The normalized spacial score (nSPS) is 10.8. The summed E-state index contributed by atoms with van der Waals surface area (Å²) in [6.45, 7) is 4.66. The third-order valence-electron chi connectivity index (χ3n) is 2.68. The van der Waals surface area contributed by atoms with Crippen LogP contribution in [0.1, 0.15) is 19.5 Å². The Balaban J connectivity index is 2.02. The van der Waals surface area contributed by atoms with Crippen LogP contribution in [-0.2, 0) is 13.6 Å². The van der Waals surface area contributed by atoms with E-state index in [2.05, 4.69) is 10.3 Å². The predicted molar refractivity (Wildman–Crippen MR) is 77.8 cm³/mol. The second-order valence-corrected chi connectivity index (χ2v) is 5.07. The van der Waals surface area contributed by atoms with E-state index in [0.717, 1.165) is 11.4 Å². The van der Waals surface area contributed by atoms with Crippen molar-refractivity contribution in [1.29, 1.82) is 0 Å². The molecule has 102 valence electrons. The average Bonchev–Trinajstić information content (AvgIpc) is 2.75. The van der Waals surface area contributed by atoms with E-state index in [1.165, 1.54) is 0 Å². The van der Waals surface area contributed by atoms with Crippen molar-refractivity contribution < 1.29 is 4.74 Å². The van der Waals surface area contributed by atoms with Crippen molar-refractivity contribution >= 4 is 17.3 Å². The second-order valence-electron chi connectivity index (χ2n) is 4.66. The van der Waals surface area contributed by atoms with Gasteiger partial charge in [-0.1, -0.05) is 11.6 Å². The van der Waals surface area contributed by atoms with E-state index in [0.29, 0.717) is 17.3 Å². The molecular weight excluding hydrogens is 262 g/mol. The van der Waals surface area contributed by atoms with E-state index >= 15 is 0 Å². The van der Waals surface area contributed by atoms with Crippen molar-refractivity contribution in [2.24, 2.45) is 7.05 Å². The molecule has 0 spiro atoms. The molecule has 1 N–H and O–H groups in total. The molecule has 0 fully saturated rings. The summed E-state index contributed by atoms with van der Waals surface area (Å²) < 4.78 is 7.57. The van der Waals surface area contributed by atoms with Crippen molar-refractivity contribution in [3.63, 3.8) is 0 Å². The Labute approximate surface area is 118 Å². The fourth-order valence-corrected chi connectivity index (χ4v) is 1.93. The van der Waals surface area contributed by atoms with Gasteiger partial charge in [-0.05, 0) is 32.0 Å². The van der Waals surface area contributed by atoms with Gasteiger partial charge < -0.3 is 14.6 Å². The maximum atomic E-state index is 6.18. The van der Waals surface area contributed by atoms with Crippen molar-refractivity contribution in [1.82, 2.24) is 9.55 Å². The summed E-state index contributed by atoms with van der Waals surface area (Å²) in [6.07, 6.45) is 3.74. The zero-order valence-electron chi connectivity index (χ0n) is 11.4. The van der Waals surface area contributed by atoms with Crippen LogP contribution in [0.4, 0.5) is 5.69 Å². The summed E-state index contributed by atoms with van der Waals surface area (Å²) >= 11 is 6.18. The molecule has 1 aromatic carbocycles. The van der Waals surface area contributed by atoms with Gasteiger partial charge in [0.05, 0.1) is 29.7 Å². The van der Waals surface area contributed by atoms with Gasteiger partial charge in [-0.15, -0.1) is 0 Å². The second kappa shape index (κ2) is 5.97. The fourth-order valence-electron chi connectivity index (χ4n) is 1.71. The number of rotatable bonds is 5. The number of nitrogens with one attached hydrogen (secondary N) is 1. The Kier molecular flexibility index (Phi) is 4.32. The monoisotopic (exact) mass is 279 g/mol. The van der Waals surface area contributed by atoms with Gasteiger partial charge in [-0.2, -0.15) is 0 Å². The summed E-state index contributed by atoms with van der Waals surface area (Å²) in [5, 5.41) is 3.92. The Morgan fingerprint density at radius 1 is 1.42 bits per heavy atom. The van der Waals surface area contributed by atoms with Crippen LogP contribution in [0, 0.1) is 0 Å². The highest BCUT2D eigenvalue weighted by molar-refractivity contribution is 6.32. The summed E-state index contributed by atoms with van der Waals surface area (Å²) in [5.74, 6) is 0.711. The number of aromatic nitrogens is 2. The lowest BCUT2D eigenvalue weighted by Gasteiger charge is -2.13. The third kappa shape index (κ3) is 3.64. The lowest BCUT2D eigenvalue weighted by molar-refractivity contribution is 0.242. The molecule has 0 unspecified atom stereocenters. The molecule has 5 heteroatoms. The molecule has 2 aromatic rings. The molecule has 0 saturated heterocycles. The van der Waals surface area contributed by atoms with E-state index in [4.69, 9.17) is 16.3 Å². The highest BCUT2D eigenvalue weighted by atomic mass is 35.5. The van der Waals surface area contributed by atoms with E-state index in [-0.39, 0.29) is 6.10 Å². The number of nitrogens with zero attached hydrogens (tertiary/aromatic N) is 2. The molecule has 4 nitrogen and oxygen atoms in total. The van der Waals surface area contributed by atoms with E-state index in [1.54, 1.807) is 6.33 Å². The Bertz CT molecular complexity index is 551.